The predicted molar refractivity (Wildman–Crippen MR) is 139 cm³/mol. The summed E-state index contributed by atoms with van der Waals surface area (Å²) in [7, 11) is 0. The van der Waals surface area contributed by atoms with Crippen LogP contribution in [-0.2, 0) is 4.79 Å². The maximum absolute atomic E-state index is 14.0. The summed E-state index contributed by atoms with van der Waals surface area (Å²) in [6, 6.07) is 11.4. The molecular formula is C26H30FN5O3S. The van der Waals surface area contributed by atoms with Crippen LogP contribution in [0.25, 0.3) is 0 Å². The van der Waals surface area contributed by atoms with Crippen molar-refractivity contribution in [1.82, 2.24) is 9.69 Å². The van der Waals surface area contributed by atoms with E-state index in [1.807, 2.05) is 46.8 Å². The van der Waals surface area contributed by atoms with Crippen molar-refractivity contribution in [3.8, 4) is 0 Å². The van der Waals surface area contributed by atoms with Gasteiger partial charge in [-0.3, -0.25) is 19.3 Å². The number of hydrogen-bond donors (Lipinski definition) is 3. The first-order chi connectivity index (χ1) is 16.8. The van der Waals surface area contributed by atoms with Crippen LogP contribution < -0.4 is 21.7 Å². The number of carbonyl (C=O) groups is 3. The third kappa shape index (κ3) is 5.88. The Morgan fingerprint density at radius 3 is 2.03 bits per heavy atom. The zero-order valence-corrected chi connectivity index (χ0v) is 21.7. The van der Waals surface area contributed by atoms with E-state index in [0.717, 1.165) is 17.1 Å². The van der Waals surface area contributed by atoms with Crippen molar-refractivity contribution in [2.24, 2.45) is 5.73 Å². The molecule has 0 spiro atoms. The molecule has 3 aromatic rings. The number of carbonyl (C=O) groups excluding carboxylic acids is 3. The molecule has 0 unspecified atom stereocenters. The molecule has 0 radical (unpaired) electrons. The Morgan fingerprint density at radius 1 is 1.00 bits per heavy atom. The molecule has 0 aliphatic rings. The fraction of sp³-hybridized carbons (Fsp3) is 0.308. The van der Waals surface area contributed by atoms with Crippen LogP contribution in [0.5, 0.6) is 0 Å². The van der Waals surface area contributed by atoms with Gasteiger partial charge in [0.25, 0.3) is 11.8 Å². The highest BCUT2D eigenvalue weighted by Crippen LogP contribution is 2.34. The highest BCUT2D eigenvalue weighted by atomic mass is 32.1. The van der Waals surface area contributed by atoms with Crippen molar-refractivity contribution in [3.63, 3.8) is 0 Å². The highest BCUT2D eigenvalue weighted by Gasteiger charge is 2.37. The molecule has 36 heavy (non-hydrogen) atoms. The minimum Gasteiger partial charge on any atom is -0.395 e. The lowest BCUT2D eigenvalue weighted by molar-refractivity contribution is -0.123. The van der Waals surface area contributed by atoms with Crippen LogP contribution >= 0.6 is 11.5 Å². The summed E-state index contributed by atoms with van der Waals surface area (Å²) in [5.74, 6) is -2.22. The van der Waals surface area contributed by atoms with Gasteiger partial charge in [0.15, 0.2) is 5.69 Å². The lowest BCUT2D eigenvalue weighted by atomic mass is 9.99. The average molecular weight is 512 g/mol. The summed E-state index contributed by atoms with van der Waals surface area (Å²) < 4.78 is 17.7. The molecule has 0 aliphatic carbocycles. The summed E-state index contributed by atoms with van der Waals surface area (Å²) in [6.07, 6.45) is 0. The van der Waals surface area contributed by atoms with E-state index in [4.69, 9.17) is 11.5 Å². The standard InChI is InChI=1S/C26H30FN5O3S/c1-14(2)15-8-12-18(13-9-15)32(25(35)22-19(28)20(23(29)33)31-36-22)21(24(34)30-26(3,4)5)16-6-10-17(27)11-7-16/h6-14,21H,28H2,1-5H3,(H2,29,33)(H,30,34)/t21-/m0/s1. The van der Waals surface area contributed by atoms with Crippen LogP contribution in [0, 0.1) is 5.82 Å². The van der Waals surface area contributed by atoms with Crippen molar-refractivity contribution in [3.05, 3.63) is 76.0 Å². The summed E-state index contributed by atoms with van der Waals surface area (Å²) in [6.45, 7) is 9.53. The maximum Gasteiger partial charge on any atom is 0.273 e. The first kappa shape index (κ1) is 26.8. The number of primary amides is 1. The fourth-order valence-electron chi connectivity index (χ4n) is 3.64. The number of nitrogens with zero attached hydrogens (tertiary/aromatic N) is 2. The normalized spacial score (nSPS) is 12.3. The molecule has 2 aromatic carbocycles. The van der Waals surface area contributed by atoms with Gasteiger partial charge in [-0.05, 0) is 73.6 Å². The summed E-state index contributed by atoms with van der Waals surface area (Å²) >= 11 is 0.725. The predicted octanol–water partition coefficient (Wildman–Crippen LogP) is 4.39. The number of benzene rings is 2. The largest absolute Gasteiger partial charge is 0.395 e. The van der Waals surface area contributed by atoms with Gasteiger partial charge in [-0.2, -0.15) is 4.37 Å². The number of anilines is 2. The van der Waals surface area contributed by atoms with E-state index in [0.29, 0.717) is 11.3 Å². The maximum atomic E-state index is 14.0. The topological polar surface area (TPSA) is 131 Å². The smallest absolute Gasteiger partial charge is 0.273 e. The lowest BCUT2D eigenvalue weighted by Gasteiger charge is -2.33. The molecule has 0 saturated heterocycles. The SMILES string of the molecule is CC(C)c1ccc(N(C(=O)c2snc(C(N)=O)c2N)[C@H](C(=O)NC(C)(C)C)c2ccc(F)cc2)cc1. The first-order valence-corrected chi connectivity index (χ1v) is 12.1. The molecule has 0 bridgehead atoms. The van der Waals surface area contributed by atoms with E-state index in [2.05, 4.69) is 9.69 Å². The zero-order chi connectivity index (χ0) is 26.8. The molecule has 10 heteroatoms. The Bertz CT molecular complexity index is 1260. The van der Waals surface area contributed by atoms with Crippen molar-refractivity contribution in [2.75, 3.05) is 10.6 Å². The molecule has 0 aliphatic heterocycles. The molecule has 3 amide bonds. The van der Waals surface area contributed by atoms with Gasteiger partial charge in [0.05, 0.1) is 5.69 Å². The van der Waals surface area contributed by atoms with Crippen LogP contribution in [-0.4, -0.2) is 27.6 Å². The van der Waals surface area contributed by atoms with Crippen molar-refractivity contribution in [2.45, 2.75) is 52.1 Å². The molecule has 0 saturated carbocycles. The van der Waals surface area contributed by atoms with Gasteiger partial charge in [0.1, 0.15) is 16.7 Å². The van der Waals surface area contributed by atoms with E-state index in [1.165, 1.54) is 29.2 Å². The van der Waals surface area contributed by atoms with Crippen LogP contribution in [0.15, 0.2) is 48.5 Å². The third-order valence-electron chi connectivity index (χ3n) is 5.40. The Balaban J connectivity index is 2.23. The van der Waals surface area contributed by atoms with Gasteiger partial charge >= 0.3 is 0 Å². The molecular weight excluding hydrogens is 481 g/mol. The minimum atomic E-state index is -1.18. The Kier molecular flexibility index (Phi) is 7.78. The number of halogens is 1. The molecule has 190 valence electrons. The van der Waals surface area contributed by atoms with Gasteiger partial charge in [-0.25, -0.2) is 4.39 Å². The second-order valence-electron chi connectivity index (χ2n) is 9.75. The van der Waals surface area contributed by atoms with E-state index in [-0.39, 0.29) is 22.2 Å². The molecule has 1 aromatic heterocycles. The molecule has 3 rings (SSSR count). The fourth-order valence-corrected chi connectivity index (χ4v) is 4.39. The van der Waals surface area contributed by atoms with Gasteiger partial charge in [-0.1, -0.05) is 38.1 Å². The minimum absolute atomic E-state index is 0.0348. The molecule has 1 heterocycles. The Labute approximate surface area is 213 Å². The second-order valence-corrected chi connectivity index (χ2v) is 10.5. The van der Waals surface area contributed by atoms with Crippen LogP contribution in [0.1, 0.15) is 77.9 Å². The zero-order valence-electron chi connectivity index (χ0n) is 20.8. The molecule has 1 atom stereocenters. The van der Waals surface area contributed by atoms with Crippen molar-refractivity contribution >= 4 is 40.6 Å². The number of hydrogen-bond acceptors (Lipinski definition) is 6. The second kappa shape index (κ2) is 10.4. The number of amides is 3. The Morgan fingerprint density at radius 2 is 1.56 bits per heavy atom. The summed E-state index contributed by atoms with van der Waals surface area (Å²) in [5, 5.41) is 2.91. The van der Waals surface area contributed by atoms with E-state index >= 15 is 0 Å². The third-order valence-corrected chi connectivity index (χ3v) is 6.25. The van der Waals surface area contributed by atoms with Gasteiger partial charge in [-0.15, -0.1) is 0 Å². The molecule has 8 nitrogen and oxygen atoms in total. The average Bonchev–Trinajstić information content (AvgIpc) is 3.18. The van der Waals surface area contributed by atoms with E-state index < -0.39 is 35.1 Å². The first-order valence-electron chi connectivity index (χ1n) is 11.4. The molecule has 5 N–H and O–H groups in total. The van der Waals surface area contributed by atoms with Gasteiger partial charge in [0, 0.05) is 11.2 Å². The number of rotatable bonds is 7. The monoisotopic (exact) mass is 511 g/mol. The van der Waals surface area contributed by atoms with E-state index in [1.54, 1.807) is 12.1 Å². The van der Waals surface area contributed by atoms with Crippen LogP contribution in [0.2, 0.25) is 0 Å². The van der Waals surface area contributed by atoms with E-state index in [9.17, 15) is 18.8 Å². The molecule has 0 fully saturated rings. The quantitative estimate of drug-likeness (QED) is 0.433. The lowest BCUT2D eigenvalue weighted by Crippen LogP contribution is -2.49. The highest BCUT2D eigenvalue weighted by molar-refractivity contribution is 7.09. The number of nitrogens with one attached hydrogen (secondary N) is 1. The number of nitrogens with two attached hydrogens (primary N) is 2. The van der Waals surface area contributed by atoms with Crippen molar-refractivity contribution < 1.29 is 18.8 Å². The Hall–Kier alpha value is -3.79. The van der Waals surface area contributed by atoms with Gasteiger partial charge < -0.3 is 16.8 Å². The summed E-state index contributed by atoms with van der Waals surface area (Å²) in [5.41, 5.74) is 12.3. The number of aromatic nitrogens is 1. The summed E-state index contributed by atoms with van der Waals surface area (Å²) in [4.78, 5) is 40.6. The van der Waals surface area contributed by atoms with Crippen LogP contribution in [0.4, 0.5) is 15.8 Å². The van der Waals surface area contributed by atoms with Crippen molar-refractivity contribution in [1.29, 1.82) is 0 Å². The van der Waals surface area contributed by atoms with Gasteiger partial charge in [0.2, 0.25) is 5.91 Å². The van der Waals surface area contributed by atoms with Crippen LogP contribution in [0.3, 0.4) is 0 Å². The number of nitrogen functional groups attached to an aromatic ring is 1.